The van der Waals surface area contributed by atoms with Crippen LogP contribution in [0.4, 0.5) is 0 Å². The maximum Gasteiger partial charge on any atom is -0.0237 e. The minimum atomic E-state index is 1.11. The molecule has 1 saturated carbocycles. The van der Waals surface area contributed by atoms with Crippen LogP contribution in [-0.2, 0) is 0 Å². The standard InChI is InChI=1S/C10H21P/c1-2-11-10-8-6-4-3-5-7-9-10/h10-11H,2-9H2,1H3. The smallest absolute Gasteiger partial charge is 0.0237 e. The zero-order chi connectivity index (χ0) is 7.94. The Morgan fingerprint density at radius 2 is 1.55 bits per heavy atom. The van der Waals surface area contributed by atoms with E-state index in [2.05, 4.69) is 6.92 Å². The van der Waals surface area contributed by atoms with Gasteiger partial charge in [0.25, 0.3) is 0 Å². The lowest BCUT2D eigenvalue weighted by Crippen LogP contribution is -2.03. The third kappa shape index (κ3) is 4.11. The lowest BCUT2D eigenvalue weighted by atomic mass is 10.0. The minimum absolute atomic E-state index is 1.11. The van der Waals surface area contributed by atoms with Gasteiger partial charge in [0, 0.05) is 0 Å². The molecular formula is C10H21P. The molecule has 11 heavy (non-hydrogen) atoms. The molecule has 1 heteroatoms. The van der Waals surface area contributed by atoms with E-state index in [9.17, 15) is 0 Å². The van der Waals surface area contributed by atoms with Crippen LogP contribution >= 0.6 is 8.58 Å². The molecule has 1 unspecified atom stereocenters. The average molecular weight is 172 g/mol. The molecule has 1 atom stereocenters. The normalized spacial score (nSPS) is 23.7. The monoisotopic (exact) mass is 172 g/mol. The van der Waals surface area contributed by atoms with Crippen LogP contribution in [0.25, 0.3) is 0 Å². The molecule has 0 radical (unpaired) electrons. The van der Waals surface area contributed by atoms with Crippen LogP contribution in [0.1, 0.15) is 51.9 Å². The summed E-state index contributed by atoms with van der Waals surface area (Å²) in [6.07, 6.45) is 12.0. The fourth-order valence-electron chi connectivity index (χ4n) is 1.95. The van der Waals surface area contributed by atoms with Crippen molar-refractivity contribution in [3.05, 3.63) is 0 Å². The Labute approximate surface area is 72.9 Å². The highest BCUT2D eigenvalue weighted by atomic mass is 31.1. The lowest BCUT2D eigenvalue weighted by molar-refractivity contribution is 0.511. The topological polar surface area (TPSA) is 0 Å². The van der Waals surface area contributed by atoms with Gasteiger partial charge in [0.15, 0.2) is 0 Å². The van der Waals surface area contributed by atoms with E-state index in [4.69, 9.17) is 0 Å². The van der Waals surface area contributed by atoms with Crippen LogP contribution in [0.3, 0.4) is 0 Å². The van der Waals surface area contributed by atoms with E-state index in [0.29, 0.717) is 0 Å². The van der Waals surface area contributed by atoms with Crippen LogP contribution in [0.15, 0.2) is 0 Å². The fraction of sp³-hybridized carbons (Fsp3) is 1.00. The van der Waals surface area contributed by atoms with Crippen molar-refractivity contribution in [2.45, 2.75) is 57.5 Å². The third-order valence-corrected chi connectivity index (χ3v) is 4.16. The van der Waals surface area contributed by atoms with Gasteiger partial charge in [0.2, 0.25) is 0 Å². The molecule has 0 saturated heterocycles. The van der Waals surface area contributed by atoms with Crippen LogP contribution in [0.2, 0.25) is 0 Å². The van der Waals surface area contributed by atoms with Gasteiger partial charge in [0.05, 0.1) is 0 Å². The van der Waals surface area contributed by atoms with E-state index in [0.717, 1.165) is 5.66 Å². The van der Waals surface area contributed by atoms with Crippen molar-refractivity contribution in [3.8, 4) is 0 Å². The first-order valence-corrected chi connectivity index (χ1v) is 6.45. The van der Waals surface area contributed by atoms with Crippen molar-refractivity contribution in [1.82, 2.24) is 0 Å². The maximum atomic E-state index is 2.33. The van der Waals surface area contributed by atoms with Crippen LogP contribution in [-0.4, -0.2) is 11.8 Å². The molecule has 1 rings (SSSR count). The summed E-state index contributed by atoms with van der Waals surface area (Å²) >= 11 is 0. The molecule has 1 aliphatic carbocycles. The van der Waals surface area contributed by atoms with Crippen molar-refractivity contribution in [2.24, 2.45) is 0 Å². The summed E-state index contributed by atoms with van der Waals surface area (Å²) in [6, 6.07) is 0. The largest absolute Gasteiger partial charge is 0.119 e. The van der Waals surface area contributed by atoms with E-state index in [1.165, 1.54) is 59.7 Å². The lowest BCUT2D eigenvalue weighted by Gasteiger charge is -2.18. The van der Waals surface area contributed by atoms with E-state index in [-0.39, 0.29) is 0 Å². The van der Waals surface area contributed by atoms with Crippen molar-refractivity contribution in [1.29, 1.82) is 0 Å². The summed E-state index contributed by atoms with van der Waals surface area (Å²) < 4.78 is 0. The zero-order valence-corrected chi connectivity index (χ0v) is 8.73. The third-order valence-electron chi connectivity index (χ3n) is 2.60. The van der Waals surface area contributed by atoms with Gasteiger partial charge in [-0.3, -0.25) is 0 Å². The second kappa shape index (κ2) is 6.00. The van der Waals surface area contributed by atoms with E-state index >= 15 is 0 Å². The Morgan fingerprint density at radius 1 is 1.00 bits per heavy atom. The molecule has 1 fully saturated rings. The molecule has 0 heterocycles. The van der Waals surface area contributed by atoms with Gasteiger partial charge < -0.3 is 0 Å². The molecule has 0 aromatic rings. The zero-order valence-electron chi connectivity index (χ0n) is 7.73. The van der Waals surface area contributed by atoms with E-state index in [1.54, 1.807) is 0 Å². The van der Waals surface area contributed by atoms with Gasteiger partial charge in [-0.1, -0.05) is 39.0 Å². The quantitative estimate of drug-likeness (QED) is 0.556. The molecule has 0 aromatic carbocycles. The summed E-state index contributed by atoms with van der Waals surface area (Å²) in [5, 5.41) is 0. The van der Waals surface area contributed by atoms with Gasteiger partial charge >= 0.3 is 0 Å². The Bertz CT molecular complexity index is 82.9. The molecular weight excluding hydrogens is 151 g/mol. The summed E-state index contributed by atoms with van der Waals surface area (Å²) in [6.45, 7) is 2.33. The van der Waals surface area contributed by atoms with Crippen LogP contribution in [0, 0.1) is 0 Å². The first kappa shape index (κ1) is 9.52. The van der Waals surface area contributed by atoms with Crippen molar-refractivity contribution >= 4 is 8.58 Å². The molecule has 0 bridgehead atoms. The summed E-state index contributed by atoms with van der Waals surface area (Å²) in [5.41, 5.74) is 1.11. The van der Waals surface area contributed by atoms with Gasteiger partial charge in [0.1, 0.15) is 0 Å². The SMILES string of the molecule is CCPC1CCCCCCC1. The molecule has 66 valence electrons. The number of hydrogen-bond acceptors (Lipinski definition) is 0. The average Bonchev–Trinajstić information content (AvgIpc) is 1.94. The molecule has 0 spiro atoms. The summed E-state index contributed by atoms with van der Waals surface area (Å²) in [5.74, 6) is 0. The van der Waals surface area contributed by atoms with E-state index in [1.807, 2.05) is 0 Å². The highest BCUT2D eigenvalue weighted by molar-refractivity contribution is 7.38. The molecule has 1 aliphatic rings. The number of hydrogen-bond donors (Lipinski definition) is 0. The van der Waals surface area contributed by atoms with Gasteiger partial charge in [-0.25, -0.2) is 0 Å². The first-order valence-electron chi connectivity index (χ1n) is 5.17. The van der Waals surface area contributed by atoms with Crippen LogP contribution in [0.5, 0.6) is 0 Å². The van der Waals surface area contributed by atoms with Crippen molar-refractivity contribution < 1.29 is 0 Å². The van der Waals surface area contributed by atoms with Gasteiger partial charge in [-0.2, -0.15) is 0 Å². The van der Waals surface area contributed by atoms with Gasteiger partial charge in [-0.05, 0) is 24.7 Å². The fourth-order valence-corrected chi connectivity index (χ4v) is 3.34. The van der Waals surface area contributed by atoms with Crippen molar-refractivity contribution in [2.75, 3.05) is 6.16 Å². The second-order valence-corrected chi connectivity index (χ2v) is 5.53. The summed E-state index contributed by atoms with van der Waals surface area (Å²) in [4.78, 5) is 0. The second-order valence-electron chi connectivity index (χ2n) is 3.60. The highest BCUT2D eigenvalue weighted by Gasteiger charge is 2.09. The predicted molar refractivity (Wildman–Crippen MR) is 55.0 cm³/mol. The Balaban J connectivity index is 2.15. The van der Waals surface area contributed by atoms with E-state index < -0.39 is 0 Å². The molecule has 0 aromatic heterocycles. The maximum absolute atomic E-state index is 2.33. The first-order chi connectivity index (χ1) is 5.43. The Morgan fingerprint density at radius 3 is 2.09 bits per heavy atom. The predicted octanol–water partition coefficient (Wildman–Crippen LogP) is 3.80. The highest BCUT2D eigenvalue weighted by Crippen LogP contribution is 2.30. The Kier molecular flexibility index (Phi) is 5.19. The molecule has 0 amide bonds. The van der Waals surface area contributed by atoms with Crippen molar-refractivity contribution in [3.63, 3.8) is 0 Å². The minimum Gasteiger partial charge on any atom is -0.119 e. The molecule has 0 nitrogen and oxygen atoms in total. The van der Waals surface area contributed by atoms with Gasteiger partial charge in [-0.15, -0.1) is 8.58 Å². The van der Waals surface area contributed by atoms with Crippen LogP contribution < -0.4 is 0 Å². The molecule has 0 aliphatic heterocycles. The number of rotatable bonds is 2. The summed E-state index contributed by atoms with van der Waals surface area (Å²) in [7, 11) is 1.26. The Hall–Kier alpha value is 0.430. The molecule has 0 N–H and O–H groups in total.